The first-order valence-electron chi connectivity index (χ1n) is 1.97. The minimum Gasteiger partial charge on any atom is -0.376 e. The van der Waals surface area contributed by atoms with Crippen LogP contribution in [0.25, 0.3) is 0 Å². The summed E-state index contributed by atoms with van der Waals surface area (Å²) < 4.78 is 30.9. The van der Waals surface area contributed by atoms with Gasteiger partial charge in [0.25, 0.3) is 0 Å². The first kappa shape index (κ1) is 8.79. The Morgan fingerprint density at radius 3 is 2.22 bits per heavy atom. The van der Waals surface area contributed by atoms with E-state index in [4.69, 9.17) is 9.66 Å². The van der Waals surface area contributed by atoms with Gasteiger partial charge in [-0.2, -0.15) is 8.42 Å². The van der Waals surface area contributed by atoms with Gasteiger partial charge >= 0.3 is 10.4 Å². The number of nitrogens with two attached hydrogens (primary N) is 1. The highest BCUT2D eigenvalue weighted by Gasteiger charge is 2.05. The summed E-state index contributed by atoms with van der Waals surface area (Å²) >= 11 is 0. The molecule has 7 heteroatoms. The van der Waals surface area contributed by atoms with E-state index in [0.717, 1.165) is 0 Å². The smallest absolute Gasteiger partial charge is 0.376 e. The average Bonchev–Trinajstić information content (AvgIpc) is 1.59. The molecule has 0 fully saturated rings. The molecule has 0 aliphatic heterocycles. The molecular formula is C2H7NO5S. The Hall–Kier alpha value is -0.210. The summed E-state index contributed by atoms with van der Waals surface area (Å²) in [6.07, 6.45) is -1.40. The highest BCUT2D eigenvalue weighted by molar-refractivity contribution is 7.80. The molecule has 0 aromatic rings. The molecule has 56 valence electrons. The van der Waals surface area contributed by atoms with Crippen LogP contribution in [-0.4, -0.2) is 30.9 Å². The van der Waals surface area contributed by atoms with Crippen LogP contribution in [0.1, 0.15) is 0 Å². The normalized spacial score (nSPS) is 15.4. The summed E-state index contributed by atoms with van der Waals surface area (Å²) in [5.74, 6) is 0. The summed E-state index contributed by atoms with van der Waals surface area (Å²) in [6, 6.07) is 0. The molecule has 0 rings (SSSR count). The molecule has 0 aromatic heterocycles. The van der Waals surface area contributed by atoms with Crippen molar-refractivity contribution in [3.63, 3.8) is 0 Å². The summed E-state index contributed by atoms with van der Waals surface area (Å²) in [6.45, 7) is -0.640. The van der Waals surface area contributed by atoms with Crippen LogP contribution in [0.2, 0.25) is 0 Å². The van der Waals surface area contributed by atoms with Gasteiger partial charge in [-0.15, -0.1) is 0 Å². The van der Waals surface area contributed by atoms with Crippen molar-refractivity contribution in [3.05, 3.63) is 0 Å². The maximum Gasteiger partial charge on any atom is 0.397 e. The van der Waals surface area contributed by atoms with Crippen LogP contribution in [0.5, 0.6) is 0 Å². The Morgan fingerprint density at radius 1 is 1.67 bits per heavy atom. The van der Waals surface area contributed by atoms with Gasteiger partial charge in [-0.25, -0.2) is 4.18 Å². The van der Waals surface area contributed by atoms with Gasteiger partial charge in [-0.05, 0) is 0 Å². The standard InChI is InChI=1S/C2H7NO5S/c3-2(4)1-8-9(5,6)7/h2,4H,1,3H2,(H,5,6,7). The third kappa shape index (κ3) is 7.79. The lowest BCUT2D eigenvalue weighted by Gasteiger charge is -2.00. The second-order valence-electron chi connectivity index (χ2n) is 1.28. The second kappa shape index (κ2) is 3.08. The van der Waals surface area contributed by atoms with Gasteiger partial charge in [0.1, 0.15) is 12.8 Å². The molecule has 0 spiro atoms. The molecule has 0 aliphatic carbocycles. The van der Waals surface area contributed by atoms with Crippen molar-refractivity contribution in [2.45, 2.75) is 6.23 Å². The van der Waals surface area contributed by atoms with Crippen LogP contribution in [0, 0.1) is 0 Å². The zero-order valence-electron chi connectivity index (χ0n) is 4.39. The molecule has 0 aliphatic rings. The van der Waals surface area contributed by atoms with Crippen LogP contribution in [0.3, 0.4) is 0 Å². The Bertz CT molecular complexity index is 160. The fourth-order valence-corrected chi connectivity index (χ4v) is 0.467. The minimum atomic E-state index is -4.46. The van der Waals surface area contributed by atoms with E-state index in [0.29, 0.717) is 0 Å². The molecule has 1 atom stereocenters. The summed E-state index contributed by atoms with van der Waals surface area (Å²) in [5.41, 5.74) is 4.65. The Kier molecular flexibility index (Phi) is 3.01. The van der Waals surface area contributed by atoms with E-state index in [1.165, 1.54) is 0 Å². The van der Waals surface area contributed by atoms with E-state index in [9.17, 15) is 8.42 Å². The number of aliphatic hydroxyl groups is 1. The largest absolute Gasteiger partial charge is 0.397 e. The molecule has 6 nitrogen and oxygen atoms in total. The number of hydrogen-bond donors (Lipinski definition) is 3. The quantitative estimate of drug-likeness (QED) is 0.325. The predicted octanol–water partition coefficient (Wildman–Crippen LogP) is -1.92. The molecule has 0 radical (unpaired) electrons. The molecular weight excluding hydrogens is 150 g/mol. The molecule has 0 amide bonds. The van der Waals surface area contributed by atoms with E-state index in [1.54, 1.807) is 0 Å². The lowest BCUT2D eigenvalue weighted by atomic mass is 10.7. The van der Waals surface area contributed by atoms with Crippen molar-refractivity contribution in [1.29, 1.82) is 0 Å². The molecule has 0 saturated carbocycles. The van der Waals surface area contributed by atoms with Gasteiger partial charge in [0.05, 0.1) is 0 Å². The van der Waals surface area contributed by atoms with Gasteiger partial charge < -0.3 is 10.8 Å². The first-order chi connectivity index (χ1) is 3.92. The Balaban J connectivity index is 3.53. The van der Waals surface area contributed by atoms with E-state index in [-0.39, 0.29) is 0 Å². The maximum atomic E-state index is 9.70. The molecule has 1 unspecified atom stereocenters. The topological polar surface area (TPSA) is 110 Å². The maximum absolute atomic E-state index is 9.70. The molecule has 9 heavy (non-hydrogen) atoms. The van der Waals surface area contributed by atoms with Crippen LogP contribution < -0.4 is 5.73 Å². The lowest BCUT2D eigenvalue weighted by Crippen LogP contribution is -2.26. The van der Waals surface area contributed by atoms with Crippen molar-refractivity contribution in [3.8, 4) is 0 Å². The van der Waals surface area contributed by atoms with Crippen LogP contribution >= 0.6 is 0 Å². The highest BCUT2D eigenvalue weighted by Crippen LogP contribution is 1.84. The summed E-state index contributed by atoms with van der Waals surface area (Å²) in [5, 5.41) is 8.19. The zero-order valence-corrected chi connectivity index (χ0v) is 5.21. The van der Waals surface area contributed by atoms with Crippen molar-refractivity contribution in [2.24, 2.45) is 5.73 Å². The highest BCUT2D eigenvalue weighted by atomic mass is 32.3. The molecule has 0 bridgehead atoms. The van der Waals surface area contributed by atoms with Crippen molar-refractivity contribution in [2.75, 3.05) is 6.61 Å². The Labute approximate surface area is 52.2 Å². The molecule has 0 aromatic carbocycles. The van der Waals surface area contributed by atoms with Crippen LogP contribution in [0.4, 0.5) is 0 Å². The lowest BCUT2D eigenvalue weighted by molar-refractivity contribution is 0.108. The monoisotopic (exact) mass is 157 g/mol. The van der Waals surface area contributed by atoms with Crippen molar-refractivity contribution >= 4 is 10.4 Å². The molecule has 0 saturated heterocycles. The SMILES string of the molecule is NC(O)COS(=O)(=O)O. The van der Waals surface area contributed by atoms with E-state index >= 15 is 0 Å². The van der Waals surface area contributed by atoms with Gasteiger partial charge in [0.2, 0.25) is 0 Å². The molecule has 0 heterocycles. The first-order valence-corrected chi connectivity index (χ1v) is 3.34. The third-order valence-corrected chi connectivity index (χ3v) is 0.822. The zero-order chi connectivity index (χ0) is 7.49. The van der Waals surface area contributed by atoms with Gasteiger partial charge in [-0.1, -0.05) is 0 Å². The number of rotatable bonds is 3. The van der Waals surface area contributed by atoms with Crippen molar-refractivity contribution in [1.82, 2.24) is 0 Å². The predicted molar refractivity (Wildman–Crippen MR) is 27.7 cm³/mol. The summed E-state index contributed by atoms with van der Waals surface area (Å²) in [4.78, 5) is 0. The Morgan fingerprint density at radius 2 is 2.11 bits per heavy atom. The van der Waals surface area contributed by atoms with Gasteiger partial charge in [0, 0.05) is 0 Å². The van der Waals surface area contributed by atoms with E-state index in [1.807, 2.05) is 0 Å². The van der Waals surface area contributed by atoms with Crippen molar-refractivity contribution < 1.29 is 22.3 Å². The van der Waals surface area contributed by atoms with Crippen LogP contribution in [-0.2, 0) is 14.6 Å². The third-order valence-electron chi connectivity index (χ3n) is 0.388. The fourth-order valence-electron chi connectivity index (χ4n) is 0.156. The average molecular weight is 157 g/mol. The summed E-state index contributed by atoms with van der Waals surface area (Å²) in [7, 11) is -4.46. The van der Waals surface area contributed by atoms with E-state index in [2.05, 4.69) is 9.92 Å². The molecule has 4 N–H and O–H groups in total. The van der Waals surface area contributed by atoms with Crippen LogP contribution in [0.15, 0.2) is 0 Å². The minimum absolute atomic E-state index is 0.640. The van der Waals surface area contributed by atoms with Gasteiger partial charge in [0.15, 0.2) is 0 Å². The number of hydrogen-bond acceptors (Lipinski definition) is 5. The fraction of sp³-hybridized carbons (Fsp3) is 1.00. The second-order valence-corrected chi connectivity index (χ2v) is 2.37. The van der Waals surface area contributed by atoms with Gasteiger partial charge in [-0.3, -0.25) is 4.55 Å². The van der Waals surface area contributed by atoms with E-state index < -0.39 is 23.2 Å². The number of aliphatic hydroxyl groups excluding tert-OH is 1.